The van der Waals surface area contributed by atoms with E-state index < -0.39 is 18.0 Å². The summed E-state index contributed by atoms with van der Waals surface area (Å²) in [5.41, 5.74) is 5.00. The van der Waals surface area contributed by atoms with Gasteiger partial charge in [-0.2, -0.15) is 10.5 Å². The summed E-state index contributed by atoms with van der Waals surface area (Å²) in [5, 5.41) is 30.9. The normalized spacial score (nSPS) is 8.29. The second-order valence-corrected chi connectivity index (χ2v) is 2.32. The van der Waals surface area contributed by atoms with Gasteiger partial charge in [-0.05, 0) is 6.42 Å². The van der Waals surface area contributed by atoms with Crippen molar-refractivity contribution in [2.24, 2.45) is 5.73 Å². The zero-order valence-electron chi connectivity index (χ0n) is 11.2. The Morgan fingerprint density at radius 3 is 1.76 bits per heavy atom. The van der Waals surface area contributed by atoms with E-state index in [0.717, 1.165) is 0 Å². The Bertz CT molecular complexity index is 277. The van der Waals surface area contributed by atoms with Crippen molar-refractivity contribution < 1.29 is 72.6 Å². The molecule has 0 amide bonds. The van der Waals surface area contributed by atoms with E-state index in [1.807, 2.05) is 0 Å². The molecule has 0 saturated carbocycles. The molecule has 1 atom stereocenters. The molecule has 0 aliphatic heterocycles. The van der Waals surface area contributed by atoms with E-state index >= 15 is 0 Å². The van der Waals surface area contributed by atoms with Crippen LogP contribution >= 0.6 is 0 Å². The van der Waals surface area contributed by atoms with Gasteiger partial charge in [0.05, 0.1) is 12.1 Å². The fourth-order valence-electron chi connectivity index (χ4n) is 0.402. The van der Waals surface area contributed by atoms with Gasteiger partial charge in [-0.15, -0.1) is 0 Å². The van der Waals surface area contributed by atoms with Crippen molar-refractivity contribution in [1.82, 2.24) is 0 Å². The summed E-state index contributed by atoms with van der Waals surface area (Å²) < 4.78 is 0. The number of carboxylic acid groups (broad SMARTS) is 2. The van der Waals surface area contributed by atoms with Crippen LogP contribution in [0.5, 0.6) is 0 Å². The standard InChI is InChI=1S/C5H9NO4.2C2H3N.K.H/c6-3(5(9)10)1-2-4(7)8;2*1-2-3;;/h3H,1-2,6H2,(H,7,8)(H,9,10);2*1H3;;/q;;;+1;-1/t3-;;;;/m0..../s1. The molecule has 0 fully saturated rings. The first-order valence-corrected chi connectivity index (χ1v) is 4.19. The summed E-state index contributed by atoms with van der Waals surface area (Å²) in [6.45, 7) is 2.86. The Labute approximate surface area is 144 Å². The van der Waals surface area contributed by atoms with Gasteiger partial charge in [0.15, 0.2) is 0 Å². The first kappa shape index (κ1) is 25.4. The summed E-state index contributed by atoms with van der Waals surface area (Å²) in [7, 11) is 0. The molecule has 0 saturated heterocycles. The minimum Gasteiger partial charge on any atom is -1.00 e. The molecular weight excluding hydrogens is 253 g/mol. The van der Waals surface area contributed by atoms with E-state index in [0.29, 0.717) is 0 Å². The van der Waals surface area contributed by atoms with Crippen molar-refractivity contribution in [3.63, 3.8) is 0 Å². The van der Waals surface area contributed by atoms with Crippen LogP contribution in [-0.4, -0.2) is 28.2 Å². The third-order valence-corrected chi connectivity index (χ3v) is 0.986. The van der Waals surface area contributed by atoms with E-state index in [1.165, 1.54) is 13.8 Å². The molecule has 0 bridgehead atoms. The van der Waals surface area contributed by atoms with Crippen molar-refractivity contribution in [2.45, 2.75) is 32.7 Å². The van der Waals surface area contributed by atoms with Crippen molar-refractivity contribution in [3.8, 4) is 12.1 Å². The summed E-state index contributed by atoms with van der Waals surface area (Å²) in [6.07, 6.45) is -0.224. The van der Waals surface area contributed by atoms with E-state index in [4.69, 9.17) is 26.5 Å². The van der Waals surface area contributed by atoms with Crippen molar-refractivity contribution in [3.05, 3.63) is 0 Å². The number of rotatable bonds is 4. The van der Waals surface area contributed by atoms with Crippen molar-refractivity contribution >= 4 is 11.9 Å². The van der Waals surface area contributed by atoms with Crippen LogP contribution < -0.4 is 57.1 Å². The molecule has 0 unspecified atom stereocenters. The molecule has 0 aliphatic carbocycles. The third kappa shape index (κ3) is 39.1. The van der Waals surface area contributed by atoms with Gasteiger partial charge in [-0.1, -0.05) is 0 Å². The van der Waals surface area contributed by atoms with Crippen LogP contribution in [0, 0.1) is 22.7 Å². The second kappa shape index (κ2) is 20.9. The maximum absolute atomic E-state index is 9.99. The quantitative estimate of drug-likeness (QED) is 0.475. The Morgan fingerprint density at radius 1 is 1.29 bits per heavy atom. The fraction of sp³-hybridized carbons (Fsp3) is 0.556. The van der Waals surface area contributed by atoms with Crippen LogP contribution in [0.1, 0.15) is 28.1 Å². The van der Waals surface area contributed by atoms with Crippen LogP contribution in [0.25, 0.3) is 0 Å². The van der Waals surface area contributed by atoms with Gasteiger partial charge in [0.2, 0.25) is 0 Å². The molecule has 0 aromatic rings. The average Bonchev–Trinajstić information content (AvgIpc) is 2.16. The van der Waals surface area contributed by atoms with Gasteiger partial charge >= 0.3 is 63.3 Å². The van der Waals surface area contributed by atoms with Crippen LogP contribution in [-0.2, 0) is 9.59 Å². The maximum atomic E-state index is 9.99. The Kier molecular flexibility index (Phi) is 31.2. The van der Waals surface area contributed by atoms with Crippen LogP contribution in [0.4, 0.5) is 0 Å². The van der Waals surface area contributed by atoms with Gasteiger partial charge < -0.3 is 17.4 Å². The first-order chi connectivity index (χ1) is 7.37. The number of nitrogens with zero attached hydrogens (tertiary/aromatic N) is 2. The number of hydrogen-bond donors (Lipinski definition) is 3. The molecule has 0 rings (SSSR count). The molecule has 4 N–H and O–H groups in total. The van der Waals surface area contributed by atoms with E-state index in [2.05, 4.69) is 0 Å². The van der Waals surface area contributed by atoms with Crippen LogP contribution in [0.15, 0.2) is 0 Å². The number of hydrogen-bond acceptors (Lipinski definition) is 5. The predicted octanol–water partition coefficient (Wildman–Crippen LogP) is -2.56. The number of carbonyl (C=O) groups is 2. The predicted molar refractivity (Wildman–Crippen MR) is 56.2 cm³/mol. The van der Waals surface area contributed by atoms with E-state index in [-0.39, 0.29) is 65.7 Å². The molecule has 0 radical (unpaired) electrons. The van der Waals surface area contributed by atoms with Gasteiger partial charge in [0.1, 0.15) is 6.04 Å². The third-order valence-electron chi connectivity index (χ3n) is 0.986. The summed E-state index contributed by atoms with van der Waals surface area (Å²) in [4.78, 5) is 19.9. The summed E-state index contributed by atoms with van der Waals surface area (Å²) in [6, 6.07) is 2.44. The zero-order valence-corrected chi connectivity index (χ0v) is 13.3. The van der Waals surface area contributed by atoms with E-state index in [1.54, 1.807) is 12.1 Å². The SMILES string of the molecule is CC#N.CC#N.N[C@@H](CCC(=O)O)C(=O)O.[H-].[K+]. The van der Waals surface area contributed by atoms with Gasteiger partial charge in [0.25, 0.3) is 0 Å². The molecular formula is C9H16KN3O4. The monoisotopic (exact) mass is 269 g/mol. The maximum Gasteiger partial charge on any atom is 1.00 e. The topological polar surface area (TPSA) is 148 Å². The second-order valence-electron chi connectivity index (χ2n) is 2.32. The minimum atomic E-state index is -1.17. The fourth-order valence-corrected chi connectivity index (χ4v) is 0.402. The largest absolute Gasteiger partial charge is 1.00 e. The first-order valence-electron chi connectivity index (χ1n) is 4.19. The number of nitriles is 2. The number of carboxylic acids is 2. The zero-order chi connectivity index (χ0) is 13.6. The smallest absolute Gasteiger partial charge is 1.00 e. The average molecular weight is 269 g/mol. The molecule has 0 aromatic heterocycles. The minimum absolute atomic E-state index is 0. The van der Waals surface area contributed by atoms with E-state index in [9.17, 15) is 9.59 Å². The van der Waals surface area contributed by atoms with Gasteiger partial charge in [-0.3, -0.25) is 9.59 Å². The summed E-state index contributed by atoms with van der Waals surface area (Å²) >= 11 is 0. The van der Waals surface area contributed by atoms with Gasteiger partial charge in [-0.25, -0.2) is 0 Å². The van der Waals surface area contributed by atoms with Crippen molar-refractivity contribution in [1.29, 1.82) is 10.5 Å². The molecule has 8 heteroatoms. The Balaban J connectivity index is -0.0000000603. The molecule has 17 heavy (non-hydrogen) atoms. The molecule has 0 heterocycles. The molecule has 7 nitrogen and oxygen atoms in total. The molecule has 0 aromatic carbocycles. The van der Waals surface area contributed by atoms with Crippen molar-refractivity contribution in [2.75, 3.05) is 0 Å². The van der Waals surface area contributed by atoms with Gasteiger partial charge in [0, 0.05) is 20.3 Å². The Hall–Kier alpha value is -0.484. The number of aliphatic carboxylic acids is 2. The van der Waals surface area contributed by atoms with Crippen LogP contribution in [0.2, 0.25) is 0 Å². The summed E-state index contributed by atoms with van der Waals surface area (Å²) in [5.74, 6) is -2.20. The van der Waals surface area contributed by atoms with Crippen LogP contribution in [0.3, 0.4) is 0 Å². The molecule has 92 valence electrons. The number of nitrogens with two attached hydrogens (primary N) is 1. The Morgan fingerprint density at radius 2 is 1.59 bits per heavy atom. The molecule has 0 aliphatic rings. The molecule has 0 spiro atoms.